The minimum atomic E-state index is -4.61. The zero-order valence-corrected chi connectivity index (χ0v) is 28.0. The Morgan fingerprint density at radius 3 is 2.42 bits per heavy atom. The smallest absolute Gasteiger partial charge is 0.416 e. The van der Waals surface area contributed by atoms with Crippen LogP contribution < -0.4 is 25.9 Å². The molecule has 0 radical (unpaired) electrons. The van der Waals surface area contributed by atoms with Crippen molar-refractivity contribution in [2.45, 2.75) is 33.0 Å². The van der Waals surface area contributed by atoms with Crippen LogP contribution in [0.25, 0.3) is 11.2 Å². The number of aromatic nitrogens is 5. The van der Waals surface area contributed by atoms with Gasteiger partial charge in [-0.05, 0) is 31.5 Å². The first-order valence-electron chi connectivity index (χ1n) is 16.0. The van der Waals surface area contributed by atoms with Gasteiger partial charge in [-0.1, -0.05) is 18.5 Å². The first-order valence-corrected chi connectivity index (χ1v) is 16.3. The Balaban J connectivity index is 1.35. The number of nitrogens with zero attached hydrogens (tertiary/aromatic N) is 8. The van der Waals surface area contributed by atoms with Gasteiger partial charge >= 0.3 is 6.18 Å². The Morgan fingerprint density at radius 1 is 1.04 bits per heavy atom. The number of benzene rings is 1. The third kappa shape index (κ3) is 6.87. The van der Waals surface area contributed by atoms with Gasteiger partial charge in [0.2, 0.25) is 11.3 Å². The number of aryl methyl sites for hydroxylation is 1. The van der Waals surface area contributed by atoms with Crippen LogP contribution in [0.3, 0.4) is 0 Å². The van der Waals surface area contributed by atoms with Crippen molar-refractivity contribution in [1.29, 1.82) is 0 Å². The first-order chi connectivity index (χ1) is 23.9. The van der Waals surface area contributed by atoms with Gasteiger partial charge in [-0.25, -0.2) is 19.9 Å². The summed E-state index contributed by atoms with van der Waals surface area (Å²) in [5.74, 6) is -0.862. The molecular formula is C32H34ClF3N10O4. The number of alkyl halides is 3. The highest BCUT2D eigenvalue weighted by atomic mass is 35.5. The number of halogens is 4. The van der Waals surface area contributed by atoms with Gasteiger partial charge in [0.15, 0.2) is 22.6 Å². The van der Waals surface area contributed by atoms with Crippen LogP contribution in [-0.4, -0.2) is 98.7 Å². The Labute approximate surface area is 288 Å². The second-order valence-corrected chi connectivity index (χ2v) is 12.3. The van der Waals surface area contributed by atoms with Gasteiger partial charge in [0.05, 0.1) is 28.2 Å². The van der Waals surface area contributed by atoms with Crippen molar-refractivity contribution >= 4 is 51.8 Å². The van der Waals surface area contributed by atoms with E-state index in [0.29, 0.717) is 36.7 Å². The maximum absolute atomic E-state index is 14.3. The lowest BCUT2D eigenvalue weighted by Gasteiger charge is -2.37. The van der Waals surface area contributed by atoms with Crippen LogP contribution in [-0.2, 0) is 23.9 Å². The minimum absolute atomic E-state index is 0.00826. The van der Waals surface area contributed by atoms with Crippen LogP contribution in [0.1, 0.15) is 34.4 Å². The van der Waals surface area contributed by atoms with E-state index in [1.54, 1.807) is 17.7 Å². The van der Waals surface area contributed by atoms with Crippen LogP contribution in [0, 0.1) is 6.92 Å². The maximum Gasteiger partial charge on any atom is 0.416 e. The zero-order valence-electron chi connectivity index (χ0n) is 27.2. The molecule has 14 nitrogen and oxygen atoms in total. The monoisotopic (exact) mass is 714 g/mol. The van der Waals surface area contributed by atoms with Gasteiger partial charge in [-0.15, -0.1) is 0 Å². The molecule has 1 aromatic carbocycles. The molecule has 18 heteroatoms. The summed E-state index contributed by atoms with van der Waals surface area (Å²) in [6, 6.07) is 2.65. The SMILES string of the molecule is CCc1c(N2CCN(C(=O)c3ncnc(C)c3O)CC2)c(=O)c2nc(N3CCNCC3)cnc2n1CC(=O)Nc1ccc(C(F)(F)F)cc1Cl. The van der Waals surface area contributed by atoms with E-state index >= 15 is 0 Å². The van der Waals surface area contributed by atoms with E-state index in [1.807, 2.05) is 16.7 Å². The van der Waals surface area contributed by atoms with Crippen molar-refractivity contribution < 1.29 is 27.9 Å². The fourth-order valence-electron chi connectivity index (χ4n) is 6.16. The molecule has 3 N–H and O–H groups in total. The number of aromatic hydroxyl groups is 1. The number of fused-ring (bicyclic) bond motifs is 1. The lowest BCUT2D eigenvalue weighted by Crippen LogP contribution is -2.50. The van der Waals surface area contributed by atoms with Gasteiger partial charge in [0.25, 0.3) is 5.91 Å². The summed E-state index contributed by atoms with van der Waals surface area (Å²) < 4.78 is 41.2. The molecule has 2 aliphatic rings. The Morgan fingerprint density at radius 2 is 1.76 bits per heavy atom. The lowest BCUT2D eigenvalue weighted by atomic mass is 10.1. The number of piperazine rings is 2. The third-order valence-corrected chi connectivity index (χ3v) is 9.08. The molecule has 4 aromatic rings. The highest BCUT2D eigenvalue weighted by molar-refractivity contribution is 6.33. The second kappa shape index (κ2) is 14.1. The predicted molar refractivity (Wildman–Crippen MR) is 180 cm³/mol. The molecule has 2 aliphatic heterocycles. The van der Waals surface area contributed by atoms with Gasteiger partial charge in [0.1, 0.15) is 24.4 Å². The molecule has 0 aliphatic carbocycles. The number of carbonyl (C=O) groups excluding carboxylic acids is 2. The fourth-order valence-corrected chi connectivity index (χ4v) is 6.38. The van der Waals surface area contributed by atoms with Gasteiger partial charge in [-0.2, -0.15) is 13.2 Å². The van der Waals surface area contributed by atoms with Crippen molar-refractivity contribution in [3.8, 4) is 5.75 Å². The van der Waals surface area contributed by atoms with E-state index in [0.717, 1.165) is 31.3 Å². The molecule has 2 fully saturated rings. The van der Waals surface area contributed by atoms with Crippen LogP contribution in [0.5, 0.6) is 5.75 Å². The molecule has 0 atom stereocenters. The van der Waals surface area contributed by atoms with Gasteiger partial charge in [0, 0.05) is 58.1 Å². The lowest BCUT2D eigenvalue weighted by molar-refractivity contribution is -0.137. The summed E-state index contributed by atoms with van der Waals surface area (Å²) >= 11 is 6.11. The molecule has 0 spiro atoms. The molecule has 0 unspecified atom stereocenters. The fraction of sp³-hybridized carbons (Fsp3) is 0.406. The van der Waals surface area contributed by atoms with E-state index in [9.17, 15) is 32.7 Å². The number of rotatable bonds is 7. The van der Waals surface area contributed by atoms with E-state index in [1.165, 1.54) is 11.2 Å². The summed E-state index contributed by atoms with van der Waals surface area (Å²) in [6.45, 7) is 6.73. The van der Waals surface area contributed by atoms with Crippen molar-refractivity contribution in [2.75, 3.05) is 67.5 Å². The standard InChI is InChI=1S/C32H34ClF3N10O4/c1-3-22-27(44-10-12-45(13-11-44)31(50)26-28(48)18(2)39-17-40-26)29(49)25-30(38-15-23(42-25)43-8-6-37-7-9-43)46(22)16-24(47)41-21-5-4-19(14-20(21)33)32(34,35)36/h4-5,14-15,17,37,48H,3,6-13,16H2,1-2H3,(H,41,47). The van der Waals surface area contributed by atoms with Crippen molar-refractivity contribution in [3.05, 3.63) is 68.6 Å². The Kier molecular flexibility index (Phi) is 9.80. The molecule has 264 valence electrons. The first kappa shape index (κ1) is 34.8. The van der Waals surface area contributed by atoms with Crippen LogP contribution >= 0.6 is 11.6 Å². The van der Waals surface area contributed by atoms with Crippen LogP contribution in [0.4, 0.5) is 30.4 Å². The van der Waals surface area contributed by atoms with Crippen molar-refractivity contribution in [2.24, 2.45) is 0 Å². The molecule has 0 saturated carbocycles. The van der Waals surface area contributed by atoms with E-state index in [-0.39, 0.29) is 77.2 Å². The normalized spacial score (nSPS) is 15.4. The zero-order chi connectivity index (χ0) is 35.7. The molecule has 3 aromatic heterocycles. The van der Waals surface area contributed by atoms with E-state index < -0.39 is 23.6 Å². The Hall–Kier alpha value is -5.03. The largest absolute Gasteiger partial charge is 0.504 e. The second-order valence-electron chi connectivity index (χ2n) is 11.9. The molecule has 2 amide bonds. The number of nitrogens with one attached hydrogen (secondary N) is 2. The predicted octanol–water partition coefficient (Wildman–Crippen LogP) is 2.84. The number of hydrogen-bond acceptors (Lipinski definition) is 11. The van der Waals surface area contributed by atoms with Crippen molar-refractivity contribution in [1.82, 2.24) is 34.7 Å². The molecule has 0 bridgehead atoms. The van der Waals surface area contributed by atoms with Crippen LogP contribution in [0.2, 0.25) is 5.02 Å². The summed E-state index contributed by atoms with van der Waals surface area (Å²) in [4.78, 5) is 63.6. The molecular weight excluding hydrogens is 681 g/mol. The summed E-state index contributed by atoms with van der Waals surface area (Å²) in [5, 5.41) is 15.9. The third-order valence-electron chi connectivity index (χ3n) is 8.76. The number of pyridine rings is 1. The minimum Gasteiger partial charge on any atom is -0.504 e. The highest BCUT2D eigenvalue weighted by Crippen LogP contribution is 2.34. The molecule has 2 saturated heterocycles. The summed E-state index contributed by atoms with van der Waals surface area (Å²) in [7, 11) is 0. The van der Waals surface area contributed by atoms with E-state index in [4.69, 9.17) is 16.6 Å². The van der Waals surface area contributed by atoms with Gasteiger partial charge in [-0.3, -0.25) is 14.4 Å². The number of anilines is 3. The molecule has 5 heterocycles. The van der Waals surface area contributed by atoms with Gasteiger partial charge < -0.3 is 35.0 Å². The highest BCUT2D eigenvalue weighted by Gasteiger charge is 2.32. The summed E-state index contributed by atoms with van der Waals surface area (Å²) in [6.07, 6.45) is -1.53. The number of carbonyl (C=O) groups is 2. The van der Waals surface area contributed by atoms with Crippen LogP contribution in [0.15, 0.2) is 35.5 Å². The molecule has 6 rings (SSSR count). The number of amides is 2. The Bertz CT molecular complexity index is 2010. The average Bonchev–Trinajstić information content (AvgIpc) is 3.11. The van der Waals surface area contributed by atoms with Crippen molar-refractivity contribution in [3.63, 3.8) is 0 Å². The quantitative estimate of drug-likeness (QED) is 0.258. The average molecular weight is 715 g/mol. The molecule has 50 heavy (non-hydrogen) atoms. The maximum atomic E-state index is 14.3. The topological polar surface area (TPSA) is 162 Å². The number of hydrogen-bond donors (Lipinski definition) is 3. The summed E-state index contributed by atoms with van der Waals surface area (Å²) in [5.41, 5.74) is -0.158. The van der Waals surface area contributed by atoms with E-state index in [2.05, 4.69) is 25.6 Å².